The minimum Gasteiger partial charge on any atom is -0.492 e. The number of likely N-dealkylation sites (N-methyl/N-ethyl adjacent to an activating group) is 1. The van der Waals surface area contributed by atoms with Gasteiger partial charge in [-0.15, -0.1) is 11.3 Å². The summed E-state index contributed by atoms with van der Waals surface area (Å²) in [6.07, 6.45) is 5.63. The number of rotatable bonds is 8. The van der Waals surface area contributed by atoms with Crippen LogP contribution in [0.3, 0.4) is 0 Å². The Morgan fingerprint density at radius 2 is 2.10 bits per heavy atom. The number of benzene rings is 1. The molecule has 1 aliphatic heterocycles. The van der Waals surface area contributed by atoms with E-state index >= 15 is 0 Å². The van der Waals surface area contributed by atoms with E-state index in [4.69, 9.17) is 9.47 Å². The van der Waals surface area contributed by atoms with E-state index in [9.17, 15) is 4.79 Å². The van der Waals surface area contributed by atoms with Crippen LogP contribution in [0.1, 0.15) is 51.9 Å². The summed E-state index contributed by atoms with van der Waals surface area (Å²) < 4.78 is 11.4. The Morgan fingerprint density at radius 1 is 1.26 bits per heavy atom. The van der Waals surface area contributed by atoms with Crippen molar-refractivity contribution < 1.29 is 14.3 Å². The number of amides is 1. The number of fused-ring (bicyclic) bond motifs is 1. The fourth-order valence-electron chi connectivity index (χ4n) is 4.45. The first-order valence-electron chi connectivity index (χ1n) is 11.5. The van der Waals surface area contributed by atoms with E-state index in [0.717, 1.165) is 67.5 Å². The van der Waals surface area contributed by atoms with Gasteiger partial charge in [0.2, 0.25) is 0 Å². The summed E-state index contributed by atoms with van der Waals surface area (Å²) in [7, 11) is 2.16. The van der Waals surface area contributed by atoms with Crippen LogP contribution in [0, 0.1) is 5.92 Å². The van der Waals surface area contributed by atoms with Crippen LogP contribution in [-0.4, -0.2) is 50.3 Å². The number of aryl methyl sites for hydroxylation is 1. The molecule has 1 aliphatic carbocycles. The zero-order valence-electron chi connectivity index (χ0n) is 18.7. The van der Waals surface area contributed by atoms with E-state index in [1.807, 2.05) is 24.3 Å². The van der Waals surface area contributed by atoms with Gasteiger partial charge < -0.3 is 14.8 Å². The van der Waals surface area contributed by atoms with Crippen molar-refractivity contribution in [2.75, 3.05) is 33.4 Å². The molecule has 1 atom stereocenters. The molecule has 2 aliphatic rings. The first-order valence-corrected chi connectivity index (χ1v) is 12.3. The second-order valence-electron chi connectivity index (χ2n) is 8.91. The van der Waals surface area contributed by atoms with E-state index in [2.05, 4.69) is 30.3 Å². The monoisotopic (exact) mass is 442 g/mol. The Balaban J connectivity index is 1.24. The van der Waals surface area contributed by atoms with Crippen LogP contribution < -0.4 is 10.1 Å². The molecule has 1 N–H and O–H groups in total. The number of hydrogen-bond donors (Lipinski definition) is 1. The molecule has 2 heterocycles. The third kappa shape index (κ3) is 6.09. The summed E-state index contributed by atoms with van der Waals surface area (Å²) in [4.78, 5) is 17.3. The Kier molecular flexibility index (Phi) is 7.64. The summed E-state index contributed by atoms with van der Waals surface area (Å²) in [5, 5.41) is 3.08. The molecule has 0 radical (unpaired) electrons. The third-order valence-electron chi connectivity index (χ3n) is 6.43. The van der Waals surface area contributed by atoms with Crippen LogP contribution in [0.15, 0.2) is 30.3 Å². The normalized spacial score (nSPS) is 19.3. The van der Waals surface area contributed by atoms with Crippen LogP contribution in [0.25, 0.3) is 0 Å². The highest BCUT2D eigenvalue weighted by molar-refractivity contribution is 7.14. The van der Waals surface area contributed by atoms with Crippen LogP contribution in [0.5, 0.6) is 5.75 Å². The summed E-state index contributed by atoms with van der Waals surface area (Å²) >= 11 is 1.66. The molecule has 1 amide bonds. The van der Waals surface area contributed by atoms with Crippen molar-refractivity contribution in [2.45, 2.75) is 51.6 Å². The molecule has 1 aromatic heterocycles. The molecule has 1 fully saturated rings. The topological polar surface area (TPSA) is 50.8 Å². The Bertz CT molecular complexity index is 875. The van der Waals surface area contributed by atoms with E-state index in [-0.39, 0.29) is 5.91 Å². The smallest absolute Gasteiger partial charge is 0.261 e. The first kappa shape index (κ1) is 22.3. The highest BCUT2D eigenvalue weighted by atomic mass is 32.1. The Morgan fingerprint density at radius 3 is 2.94 bits per heavy atom. The van der Waals surface area contributed by atoms with Gasteiger partial charge in [-0.1, -0.05) is 19.1 Å². The number of thiophene rings is 1. The van der Waals surface area contributed by atoms with Crippen molar-refractivity contribution in [1.82, 2.24) is 10.2 Å². The minimum atomic E-state index is 0.0245. The van der Waals surface area contributed by atoms with Gasteiger partial charge >= 0.3 is 0 Å². The molecular weight excluding hydrogens is 408 g/mol. The van der Waals surface area contributed by atoms with Crippen molar-refractivity contribution >= 4 is 17.2 Å². The van der Waals surface area contributed by atoms with Crippen molar-refractivity contribution in [1.29, 1.82) is 0 Å². The molecule has 0 saturated carbocycles. The van der Waals surface area contributed by atoms with Gasteiger partial charge in [-0.3, -0.25) is 9.69 Å². The summed E-state index contributed by atoms with van der Waals surface area (Å²) in [6, 6.07) is 10.7. The van der Waals surface area contributed by atoms with E-state index in [1.54, 1.807) is 11.3 Å². The fourth-order valence-corrected chi connectivity index (χ4v) is 5.57. The maximum atomic E-state index is 12.7. The lowest BCUT2D eigenvalue weighted by Crippen LogP contribution is -2.38. The average Bonchev–Trinajstić information content (AvgIpc) is 3.21. The van der Waals surface area contributed by atoms with Gasteiger partial charge in [-0.2, -0.15) is 0 Å². The van der Waals surface area contributed by atoms with Gasteiger partial charge in [-0.25, -0.2) is 0 Å². The predicted molar refractivity (Wildman–Crippen MR) is 125 cm³/mol. The van der Waals surface area contributed by atoms with Crippen LogP contribution in [0.4, 0.5) is 0 Å². The van der Waals surface area contributed by atoms with Crippen LogP contribution in [0.2, 0.25) is 0 Å². The van der Waals surface area contributed by atoms with Crippen molar-refractivity contribution in [3.8, 4) is 5.75 Å². The zero-order valence-corrected chi connectivity index (χ0v) is 19.5. The summed E-state index contributed by atoms with van der Waals surface area (Å²) in [6.45, 7) is 6.07. The molecular formula is C25H34N2O3S. The maximum absolute atomic E-state index is 12.7. The lowest BCUT2D eigenvalue weighted by atomic mass is 9.90. The van der Waals surface area contributed by atoms with E-state index in [0.29, 0.717) is 19.2 Å². The van der Waals surface area contributed by atoms with Gasteiger partial charge in [-0.05, 0) is 74.4 Å². The lowest BCUT2D eigenvalue weighted by molar-refractivity contribution is 0.0392. The third-order valence-corrected chi connectivity index (χ3v) is 7.67. The molecule has 6 heteroatoms. The van der Waals surface area contributed by atoms with Gasteiger partial charge in [0.05, 0.1) is 4.88 Å². The standard InChI is InChI=1S/C25H34N2O3S/c1-18-6-7-23-20(14-18)16-24(31-23)25(28)26-17-19-4-3-5-22(15-19)30-13-10-27(2)21-8-11-29-12-9-21/h3-5,15-16,18,21H,6-14,17H2,1-2H3,(H,26,28). The molecule has 0 bridgehead atoms. The quantitative estimate of drug-likeness (QED) is 0.663. The average molecular weight is 443 g/mol. The Hall–Kier alpha value is -1.89. The maximum Gasteiger partial charge on any atom is 0.261 e. The van der Waals surface area contributed by atoms with Gasteiger partial charge in [0.25, 0.3) is 5.91 Å². The van der Waals surface area contributed by atoms with E-state index < -0.39 is 0 Å². The highest BCUT2D eigenvalue weighted by Crippen LogP contribution is 2.32. The molecule has 4 rings (SSSR count). The van der Waals surface area contributed by atoms with Gasteiger partial charge in [0.1, 0.15) is 12.4 Å². The molecule has 2 aromatic rings. The highest BCUT2D eigenvalue weighted by Gasteiger charge is 2.21. The Labute approximate surface area is 189 Å². The molecule has 5 nitrogen and oxygen atoms in total. The number of hydrogen-bond acceptors (Lipinski definition) is 5. The summed E-state index contributed by atoms with van der Waals surface area (Å²) in [5.74, 6) is 1.60. The van der Waals surface area contributed by atoms with E-state index in [1.165, 1.54) is 16.9 Å². The SMILES string of the molecule is CC1CCc2sc(C(=O)NCc3cccc(OCCN(C)C4CCOCC4)c3)cc2C1. The zero-order chi connectivity index (χ0) is 21.6. The number of nitrogens with one attached hydrogen (secondary N) is 1. The van der Waals surface area contributed by atoms with Gasteiger partial charge in [0, 0.05) is 37.2 Å². The molecule has 168 valence electrons. The molecule has 0 spiro atoms. The van der Waals surface area contributed by atoms with Crippen molar-refractivity contribution in [3.63, 3.8) is 0 Å². The van der Waals surface area contributed by atoms with Gasteiger partial charge in [0.15, 0.2) is 0 Å². The number of carbonyl (C=O) groups is 1. The molecule has 1 aromatic carbocycles. The second-order valence-corrected chi connectivity index (χ2v) is 10.0. The number of carbonyl (C=O) groups excluding carboxylic acids is 1. The number of nitrogens with zero attached hydrogens (tertiary/aromatic N) is 1. The van der Waals surface area contributed by atoms with Crippen LogP contribution >= 0.6 is 11.3 Å². The summed E-state index contributed by atoms with van der Waals surface area (Å²) in [5.41, 5.74) is 2.42. The van der Waals surface area contributed by atoms with Crippen molar-refractivity contribution in [3.05, 3.63) is 51.2 Å². The predicted octanol–water partition coefficient (Wildman–Crippen LogP) is 4.29. The van der Waals surface area contributed by atoms with Crippen molar-refractivity contribution in [2.24, 2.45) is 5.92 Å². The van der Waals surface area contributed by atoms with Crippen LogP contribution in [-0.2, 0) is 24.1 Å². The largest absolute Gasteiger partial charge is 0.492 e. The molecule has 1 saturated heterocycles. The first-order chi connectivity index (χ1) is 15.1. The lowest BCUT2D eigenvalue weighted by Gasteiger charge is -2.31. The molecule has 1 unspecified atom stereocenters. The second kappa shape index (κ2) is 10.6. The fraction of sp³-hybridized carbons (Fsp3) is 0.560. The minimum absolute atomic E-state index is 0.0245. The number of ether oxygens (including phenoxy) is 2. The molecule has 31 heavy (non-hydrogen) atoms.